The second-order valence-corrected chi connectivity index (χ2v) is 8.56. The van der Waals surface area contributed by atoms with E-state index in [9.17, 15) is 4.79 Å². The lowest BCUT2D eigenvalue weighted by Crippen LogP contribution is -2.63. The van der Waals surface area contributed by atoms with E-state index >= 15 is 0 Å². The van der Waals surface area contributed by atoms with Crippen LogP contribution in [0, 0.1) is 0 Å². The van der Waals surface area contributed by atoms with Gasteiger partial charge < -0.3 is 18.9 Å². The number of hydrogen-bond acceptors (Lipinski definition) is 5. The highest BCUT2D eigenvalue weighted by Gasteiger charge is 2.59. The molecule has 0 spiro atoms. The van der Waals surface area contributed by atoms with Gasteiger partial charge in [0.2, 0.25) is 5.91 Å². The van der Waals surface area contributed by atoms with Gasteiger partial charge in [-0.2, -0.15) is 0 Å². The van der Waals surface area contributed by atoms with Crippen LogP contribution in [0.5, 0.6) is 23.0 Å². The molecular weight excluding hydrogens is 464 g/mol. The average molecular weight is 479 g/mol. The normalized spacial score (nSPS) is 18.0. The third-order valence-electron chi connectivity index (χ3n) is 3.91. The molecule has 0 saturated carbocycles. The predicted octanol–water partition coefficient (Wildman–Crippen LogP) is 4.98. The first-order chi connectivity index (χ1) is 13.7. The van der Waals surface area contributed by atoms with Gasteiger partial charge in [-0.3, -0.25) is 10.1 Å². The van der Waals surface area contributed by atoms with Gasteiger partial charge in [0.05, 0.1) is 14.2 Å². The van der Waals surface area contributed by atoms with Crippen molar-refractivity contribution < 1.29 is 23.7 Å². The fraction of sp³-hybridized carbons (Fsp3) is 0.211. The summed E-state index contributed by atoms with van der Waals surface area (Å²) < 4.78 is 19.5. The lowest BCUT2D eigenvalue weighted by atomic mass is 10.2. The summed E-state index contributed by atoms with van der Waals surface area (Å²) in [7, 11) is 3.05. The van der Waals surface area contributed by atoms with Crippen molar-refractivity contribution in [1.82, 2.24) is 5.32 Å². The monoisotopic (exact) mass is 477 g/mol. The van der Waals surface area contributed by atoms with E-state index in [4.69, 9.17) is 65.4 Å². The standard InChI is InChI=1S/C19H15Cl4NO5/c1-26-13-6-3-11(9-15(13)27-2)4-8-17(25)24-19(18(21,22)23)28-14-7-5-12(20)10-16(14)29-19/h3-10H,1-2H3,(H,24,25)/b8-4+/t19-/m1/s1. The summed E-state index contributed by atoms with van der Waals surface area (Å²) in [4.78, 5) is 12.5. The molecule has 0 unspecified atom stereocenters. The van der Waals surface area contributed by atoms with Gasteiger partial charge in [0.25, 0.3) is 3.79 Å². The van der Waals surface area contributed by atoms with Gasteiger partial charge in [0.15, 0.2) is 23.0 Å². The molecule has 2 aromatic rings. The van der Waals surface area contributed by atoms with E-state index in [0.717, 1.165) is 0 Å². The third kappa shape index (κ3) is 4.61. The van der Waals surface area contributed by atoms with Crippen LogP contribution in [0.15, 0.2) is 42.5 Å². The summed E-state index contributed by atoms with van der Waals surface area (Å²) in [6.07, 6.45) is 2.78. The van der Waals surface area contributed by atoms with Crippen molar-refractivity contribution >= 4 is 58.4 Å². The van der Waals surface area contributed by atoms with Crippen molar-refractivity contribution in [2.75, 3.05) is 14.2 Å². The Balaban J connectivity index is 1.80. The minimum Gasteiger partial charge on any atom is -0.493 e. The maximum absolute atomic E-state index is 12.5. The summed E-state index contributed by atoms with van der Waals surface area (Å²) >= 11 is 24.1. The van der Waals surface area contributed by atoms with Crippen LogP contribution in [-0.2, 0) is 4.79 Å². The van der Waals surface area contributed by atoms with E-state index in [0.29, 0.717) is 22.1 Å². The molecule has 6 nitrogen and oxygen atoms in total. The van der Waals surface area contributed by atoms with Crippen molar-refractivity contribution in [2.45, 2.75) is 9.70 Å². The number of methoxy groups -OCH3 is 2. The first-order valence-corrected chi connectivity index (χ1v) is 9.65. The highest BCUT2D eigenvalue weighted by molar-refractivity contribution is 6.68. The van der Waals surface area contributed by atoms with Gasteiger partial charge >= 0.3 is 5.91 Å². The molecule has 2 aromatic carbocycles. The Hall–Kier alpha value is -1.99. The number of ether oxygens (including phenoxy) is 4. The quantitative estimate of drug-likeness (QED) is 0.484. The molecule has 1 amide bonds. The predicted molar refractivity (Wildman–Crippen MR) is 112 cm³/mol. The van der Waals surface area contributed by atoms with Crippen molar-refractivity contribution in [3.63, 3.8) is 0 Å². The topological polar surface area (TPSA) is 66.0 Å². The molecule has 0 aliphatic carbocycles. The lowest BCUT2D eigenvalue weighted by molar-refractivity contribution is -0.140. The summed E-state index contributed by atoms with van der Waals surface area (Å²) in [5, 5.41) is 2.85. The molecule has 0 radical (unpaired) electrons. The van der Waals surface area contributed by atoms with Gasteiger partial charge in [0.1, 0.15) is 0 Å². The summed E-state index contributed by atoms with van der Waals surface area (Å²) in [5.41, 5.74) is 0.684. The second-order valence-electron chi connectivity index (χ2n) is 5.85. The third-order valence-corrected chi connectivity index (χ3v) is 4.89. The Morgan fingerprint density at radius 1 is 1.03 bits per heavy atom. The zero-order valence-corrected chi connectivity index (χ0v) is 18.2. The van der Waals surface area contributed by atoms with Crippen LogP contribution in [0.1, 0.15) is 5.56 Å². The zero-order valence-electron chi connectivity index (χ0n) is 15.2. The molecule has 1 atom stereocenters. The molecule has 1 aliphatic heterocycles. The SMILES string of the molecule is COc1ccc(/C=C/C(=O)N[C@]2(C(Cl)(Cl)Cl)Oc3ccc(Cl)cc3O2)cc1OC. The van der Waals surface area contributed by atoms with Crippen molar-refractivity contribution in [1.29, 1.82) is 0 Å². The molecule has 0 bridgehead atoms. The summed E-state index contributed by atoms with van der Waals surface area (Å²) in [5.74, 6) is -1.11. The molecule has 1 heterocycles. The molecule has 1 aliphatic rings. The maximum Gasteiger partial charge on any atom is 0.388 e. The smallest absolute Gasteiger partial charge is 0.388 e. The van der Waals surface area contributed by atoms with E-state index in [1.807, 2.05) is 0 Å². The molecule has 154 valence electrons. The maximum atomic E-state index is 12.5. The molecule has 3 rings (SSSR count). The minimum atomic E-state index is -2.15. The van der Waals surface area contributed by atoms with Crippen LogP contribution in [0.3, 0.4) is 0 Å². The Kier molecular flexibility index (Phi) is 6.29. The van der Waals surface area contributed by atoms with E-state index in [-0.39, 0.29) is 11.5 Å². The van der Waals surface area contributed by atoms with Crippen LogP contribution < -0.4 is 24.3 Å². The number of alkyl halides is 3. The van der Waals surface area contributed by atoms with Gasteiger partial charge in [0, 0.05) is 17.2 Å². The average Bonchev–Trinajstić information content (AvgIpc) is 3.04. The number of nitrogens with one attached hydrogen (secondary N) is 1. The van der Waals surface area contributed by atoms with Crippen LogP contribution in [0.25, 0.3) is 6.08 Å². The number of rotatable bonds is 5. The number of benzene rings is 2. The minimum absolute atomic E-state index is 0.230. The largest absolute Gasteiger partial charge is 0.493 e. The Bertz CT molecular complexity index is 960. The Morgan fingerprint density at radius 3 is 2.38 bits per heavy atom. The molecule has 0 saturated heterocycles. The molecule has 1 N–H and O–H groups in total. The Labute approximate surface area is 187 Å². The van der Waals surface area contributed by atoms with Gasteiger partial charge in [-0.05, 0) is 35.9 Å². The van der Waals surface area contributed by atoms with E-state index in [2.05, 4.69) is 5.32 Å². The fourth-order valence-electron chi connectivity index (χ4n) is 2.55. The number of carbonyl (C=O) groups is 1. The number of amides is 1. The van der Waals surface area contributed by atoms with Gasteiger partial charge in [-0.1, -0.05) is 52.5 Å². The van der Waals surface area contributed by atoms with Crippen LogP contribution in [-0.4, -0.2) is 29.8 Å². The van der Waals surface area contributed by atoms with E-state index in [1.165, 1.54) is 26.4 Å². The van der Waals surface area contributed by atoms with E-state index < -0.39 is 15.6 Å². The van der Waals surface area contributed by atoms with Crippen molar-refractivity contribution in [3.05, 3.63) is 53.1 Å². The van der Waals surface area contributed by atoms with Gasteiger partial charge in [-0.25, -0.2) is 0 Å². The summed E-state index contributed by atoms with van der Waals surface area (Å²) in [6.45, 7) is 0. The number of halogens is 4. The van der Waals surface area contributed by atoms with Crippen LogP contribution >= 0.6 is 46.4 Å². The number of hydrogen-bond donors (Lipinski definition) is 1. The molecule has 0 fully saturated rings. The fourth-order valence-corrected chi connectivity index (χ4v) is 3.08. The Morgan fingerprint density at radius 2 is 1.72 bits per heavy atom. The van der Waals surface area contributed by atoms with Gasteiger partial charge in [-0.15, -0.1) is 0 Å². The summed E-state index contributed by atoms with van der Waals surface area (Å²) in [6, 6.07) is 9.77. The zero-order chi connectivity index (χ0) is 21.2. The first kappa shape index (κ1) is 21.7. The second kappa shape index (κ2) is 8.40. The number of fused-ring (bicyclic) bond motifs is 1. The van der Waals surface area contributed by atoms with Crippen molar-refractivity contribution in [2.24, 2.45) is 0 Å². The molecule has 0 aromatic heterocycles. The highest BCUT2D eigenvalue weighted by Crippen LogP contribution is 2.49. The first-order valence-electron chi connectivity index (χ1n) is 8.14. The van der Waals surface area contributed by atoms with Crippen LogP contribution in [0.2, 0.25) is 5.02 Å². The molecular formula is C19H15Cl4NO5. The van der Waals surface area contributed by atoms with Crippen LogP contribution in [0.4, 0.5) is 0 Å². The van der Waals surface area contributed by atoms with E-state index in [1.54, 1.807) is 36.4 Å². The number of carbonyl (C=O) groups excluding carboxylic acids is 1. The molecule has 29 heavy (non-hydrogen) atoms. The van der Waals surface area contributed by atoms with Crippen molar-refractivity contribution in [3.8, 4) is 23.0 Å². The molecule has 10 heteroatoms. The lowest BCUT2D eigenvalue weighted by Gasteiger charge is -2.33. The highest BCUT2D eigenvalue weighted by atomic mass is 35.6.